The molecular weight excluding hydrogens is 386 g/mol. The molecule has 2 aromatic rings. The van der Waals surface area contributed by atoms with Gasteiger partial charge in [0.1, 0.15) is 17.3 Å². The van der Waals surface area contributed by atoms with Gasteiger partial charge in [-0.2, -0.15) is 0 Å². The number of aryl methyl sites for hydroxylation is 1. The molecule has 1 aliphatic heterocycles. The molecule has 9 nitrogen and oxygen atoms in total. The number of methoxy groups -OCH3 is 1. The van der Waals surface area contributed by atoms with Gasteiger partial charge in [0.15, 0.2) is 0 Å². The number of amides is 1. The zero-order valence-electron chi connectivity index (χ0n) is 17.4. The molecule has 2 N–H and O–H groups in total. The van der Waals surface area contributed by atoms with Crippen LogP contribution in [0.25, 0.3) is 0 Å². The first-order valence-corrected chi connectivity index (χ1v) is 10.3. The lowest BCUT2D eigenvalue weighted by Gasteiger charge is -2.26. The number of nitrogens with zero attached hydrogens (tertiary/aromatic N) is 3. The van der Waals surface area contributed by atoms with Gasteiger partial charge in [0.25, 0.3) is 5.56 Å². The van der Waals surface area contributed by atoms with E-state index < -0.39 is 0 Å². The molecule has 1 aliphatic rings. The highest BCUT2D eigenvalue weighted by Gasteiger charge is 2.12. The normalized spacial score (nSPS) is 14.4. The van der Waals surface area contributed by atoms with Crippen molar-refractivity contribution >= 4 is 5.91 Å². The third kappa shape index (κ3) is 6.64. The Kier molecular flexibility index (Phi) is 8.34. The van der Waals surface area contributed by atoms with E-state index in [2.05, 4.69) is 25.4 Å². The van der Waals surface area contributed by atoms with E-state index in [0.717, 1.165) is 50.6 Å². The first kappa shape index (κ1) is 21.9. The minimum Gasteiger partial charge on any atom is -0.496 e. The lowest BCUT2D eigenvalue weighted by atomic mass is 10.1. The van der Waals surface area contributed by atoms with Crippen molar-refractivity contribution in [2.75, 3.05) is 46.5 Å². The molecule has 1 aromatic carbocycles. The van der Waals surface area contributed by atoms with Gasteiger partial charge >= 0.3 is 0 Å². The number of morpholine rings is 1. The predicted octanol–water partition coefficient (Wildman–Crippen LogP) is 0.535. The van der Waals surface area contributed by atoms with Crippen LogP contribution in [0.2, 0.25) is 0 Å². The number of rotatable bonds is 10. The van der Waals surface area contributed by atoms with Crippen LogP contribution < -0.4 is 15.6 Å². The van der Waals surface area contributed by atoms with E-state index in [9.17, 15) is 9.59 Å². The van der Waals surface area contributed by atoms with E-state index in [1.165, 1.54) is 0 Å². The molecule has 0 spiro atoms. The van der Waals surface area contributed by atoms with Gasteiger partial charge < -0.3 is 19.8 Å². The Hall–Kier alpha value is -2.78. The van der Waals surface area contributed by atoms with Crippen LogP contribution in [0, 0.1) is 0 Å². The maximum Gasteiger partial charge on any atom is 0.272 e. The van der Waals surface area contributed by atoms with Crippen LogP contribution in [0.3, 0.4) is 0 Å². The van der Waals surface area contributed by atoms with E-state index in [4.69, 9.17) is 9.47 Å². The van der Waals surface area contributed by atoms with Crippen molar-refractivity contribution in [2.24, 2.45) is 0 Å². The molecule has 162 valence electrons. The Bertz CT molecular complexity index is 880. The SMILES string of the molecule is COc1ccccc1Cc1nnc(CCC(=O)NCCCN2CCOCC2)c(=O)[nH]1. The predicted molar refractivity (Wildman–Crippen MR) is 112 cm³/mol. The standard InChI is InChI=1S/C21H29N5O4/c1-29-18-6-3-2-5-16(18)15-19-23-21(28)17(24-25-19)7-8-20(27)22-9-4-10-26-11-13-30-14-12-26/h2-3,5-6H,4,7-15H2,1H3,(H,22,27)(H,23,25,28). The first-order valence-electron chi connectivity index (χ1n) is 10.3. The second kappa shape index (κ2) is 11.4. The monoisotopic (exact) mass is 415 g/mol. The number of carbonyl (C=O) groups is 1. The van der Waals surface area contributed by atoms with Gasteiger partial charge in [0.05, 0.1) is 20.3 Å². The molecule has 2 heterocycles. The first-order chi connectivity index (χ1) is 14.7. The summed E-state index contributed by atoms with van der Waals surface area (Å²) in [5.41, 5.74) is 0.867. The highest BCUT2D eigenvalue weighted by molar-refractivity contribution is 5.76. The zero-order valence-corrected chi connectivity index (χ0v) is 17.4. The Labute approximate surface area is 175 Å². The van der Waals surface area contributed by atoms with E-state index in [1.807, 2.05) is 24.3 Å². The summed E-state index contributed by atoms with van der Waals surface area (Å²) in [6, 6.07) is 7.55. The van der Waals surface area contributed by atoms with Gasteiger partial charge in [0.2, 0.25) is 5.91 Å². The highest BCUT2D eigenvalue weighted by atomic mass is 16.5. The van der Waals surface area contributed by atoms with Crippen molar-refractivity contribution in [3.8, 4) is 5.75 Å². The van der Waals surface area contributed by atoms with Crippen molar-refractivity contribution in [3.05, 3.63) is 51.7 Å². The lowest BCUT2D eigenvalue weighted by molar-refractivity contribution is -0.121. The van der Waals surface area contributed by atoms with Gasteiger partial charge in [-0.1, -0.05) is 18.2 Å². The number of aromatic nitrogens is 3. The molecule has 0 radical (unpaired) electrons. The van der Waals surface area contributed by atoms with E-state index in [0.29, 0.717) is 18.8 Å². The third-order valence-corrected chi connectivity index (χ3v) is 5.03. The van der Waals surface area contributed by atoms with Gasteiger partial charge in [-0.15, -0.1) is 10.2 Å². The maximum atomic E-state index is 12.3. The van der Waals surface area contributed by atoms with Crippen LogP contribution in [0.5, 0.6) is 5.75 Å². The molecule has 3 rings (SSSR count). The number of carbonyl (C=O) groups excluding carboxylic acids is 1. The molecule has 1 aromatic heterocycles. The molecule has 1 amide bonds. The summed E-state index contributed by atoms with van der Waals surface area (Å²) in [6.07, 6.45) is 1.77. The molecule has 1 saturated heterocycles. The Morgan fingerprint density at radius 3 is 2.83 bits per heavy atom. The number of ether oxygens (including phenoxy) is 2. The molecule has 1 fully saturated rings. The third-order valence-electron chi connectivity index (χ3n) is 5.03. The summed E-state index contributed by atoms with van der Waals surface area (Å²) < 4.78 is 10.6. The van der Waals surface area contributed by atoms with Crippen molar-refractivity contribution < 1.29 is 14.3 Å². The minimum atomic E-state index is -0.310. The summed E-state index contributed by atoms with van der Waals surface area (Å²) in [7, 11) is 1.60. The fourth-order valence-electron chi connectivity index (χ4n) is 3.34. The average Bonchev–Trinajstić information content (AvgIpc) is 2.77. The molecule has 0 aliphatic carbocycles. The zero-order chi connectivity index (χ0) is 21.2. The lowest BCUT2D eigenvalue weighted by Crippen LogP contribution is -2.38. The summed E-state index contributed by atoms with van der Waals surface area (Å²) >= 11 is 0. The smallest absolute Gasteiger partial charge is 0.272 e. The summed E-state index contributed by atoms with van der Waals surface area (Å²) in [5.74, 6) is 1.10. The number of hydrogen-bond donors (Lipinski definition) is 2. The Morgan fingerprint density at radius 1 is 1.27 bits per heavy atom. The fraction of sp³-hybridized carbons (Fsp3) is 0.524. The molecular formula is C21H29N5O4. The van der Waals surface area contributed by atoms with Crippen LogP contribution in [-0.4, -0.2) is 72.5 Å². The maximum absolute atomic E-state index is 12.3. The van der Waals surface area contributed by atoms with Gasteiger partial charge in [0, 0.05) is 44.5 Å². The van der Waals surface area contributed by atoms with Crippen LogP contribution in [0.1, 0.15) is 29.9 Å². The number of H-pyrrole nitrogens is 1. The number of nitrogens with one attached hydrogen (secondary N) is 2. The number of benzene rings is 1. The molecule has 0 bridgehead atoms. The van der Waals surface area contributed by atoms with Crippen LogP contribution in [-0.2, 0) is 22.4 Å². The Balaban J connectivity index is 1.42. The van der Waals surface area contributed by atoms with Gasteiger partial charge in [-0.05, 0) is 19.0 Å². The fourth-order valence-corrected chi connectivity index (χ4v) is 3.34. The molecule has 0 atom stereocenters. The summed E-state index contributed by atoms with van der Waals surface area (Å²) in [6.45, 7) is 5.02. The van der Waals surface area contributed by atoms with Crippen LogP contribution in [0.15, 0.2) is 29.1 Å². The Morgan fingerprint density at radius 2 is 2.07 bits per heavy atom. The van der Waals surface area contributed by atoms with Crippen molar-refractivity contribution in [2.45, 2.75) is 25.7 Å². The molecule has 9 heteroatoms. The quantitative estimate of drug-likeness (QED) is 0.545. The van der Waals surface area contributed by atoms with Crippen LogP contribution >= 0.6 is 0 Å². The number of para-hydroxylation sites is 1. The summed E-state index contributed by atoms with van der Waals surface area (Å²) in [5, 5.41) is 11.0. The number of aromatic amines is 1. The largest absolute Gasteiger partial charge is 0.496 e. The van der Waals surface area contributed by atoms with E-state index >= 15 is 0 Å². The second-order valence-corrected chi connectivity index (χ2v) is 7.19. The van der Waals surface area contributed by atoms with Crippen LogP contribution in [0.4, 0.5) is 0 Å². The number of hydrogen-bond acceptors (Lipinski definition) is 7. The minimum absolute atomic E-state index is 0.0868. The average molecular weight is 415 g/mol. The van der Waals surface area contributed by atoms with Crippen molar-refractivity contribution in [3.63, 3.8) is 0 Å². The summed E-state index contributed by atoms with van der Waals surface area (Å²) in [4.78, 5) is 29.4. The molecule has 0 saturated carbocycles. The molecule has 0 unspecified atom stereocenters. The van der Waals surface area contributed by atoms with E-state index in [1.54, 1.807) is 7.11 Å². The topological polar surface area (TPSA) is 109 Å². The van der Waals surface area contributed by atoms with Gasteiger partial charge in [-0.3, -0.25) is 14.5 Å². The second-order valence-electron chi connectivity index (χ2n) is 7.19. The van der Waals surface area contributed by atoms with Crippen molar-refractivity contribution in [1.82, 2.24) is 25.4 Å². The van der Waals surface area contributed by atoms with Gasteiger partial charge in [-0.25, -0.2) is 0 Å². The molecule has 30 heavy (non-hydrogen) atoms. The highest BCUT2D eigenvalue weighted by Crippen LogP contribution is 2.19. The van der Waals surface area contributed by atoms with E-state index in [-0.39, 0.29) is 30.0 Å². The van der Waals surface area contributed by atoms with Crippen molar-refractivity contribution in [1.29, 1.82) is 0 Å².